The maximum absolute atomic E-state index is 13.1. The van der Waals surface area contributed by atoms with Gasteiger partial charge in [0.15, 0.2) is 0 Å². The second kappa shape index (κ2) is 8.07. The van der Waals surface area contributed by atoms with Gasteiger partial charge in [0.2, 0.25) is 5.91 Å². The van der Waals surface area contributed by atoms with Crippen LogP contribution in [0.2, 0.25) is 5.02 Å². The summed E-state index contributed by atoms with van der Waals surface area (Å²) < 4.78 is 13.1. The van der Waals surface area contributed by atoms with Gasteiger partial charge in [0.1, 0.15) is 11.4 Å². The van der Waals surface area contributed by atoms with Crippen molar-refractivity contribution in [1.29, 1.82) is 0 Å². The molecule has 1 spiro atoms. The Hall–Kier alpha value is -2.93. The van der Waals surface area contributed by atoms with Crippen molar-refractivity contribution < 1.29 is 18.8 Å². The van der Waals surface area contributed by atoms with E-state index >= 15 is 0 Å². The summed E-state index contributed by atoms with van der Waals surface area (Å²) in [5.41, 5.74) is 0.571. The van der Waals surface area contributed by atoms with E-state index in [0.717, 1.165) is 5.56 Å². The lowest BCUT2D eigenvalue weighted by Gasteiger charge is -2.37. The van der Waals surface area contributed by atoms with Gasteiger partial charge in [-0.15, -0.1) is 0 Å². The molecule has 2 heterocycles. The van der Waals surface area contributed by atoms with Crippen molar-refractivity contribution in [1.82, 2.24) is 15.1 Å². The average molecular weight is 430 g/mol. The number of amides is 4. The van der Waals surface area contributed by atoms with Crippen molar-refractivity contribution in [3.63, 3.8) is 0 Å². The third kappa shape index (κ3) is 4.03. The van der Waals surface area contributed by atoms with E-state index in [1.54, 1.807) is 29.2 Å². The summed E-state index contributed by atoms with van der Waals surface area (Å²) in [5.74, 6) is -0.684. The van der Waals surface area contributed by atoms with E-state index in [-0.39, 0.29) is 30.6 Å². The predicted molar refractivity (Wildman–Crippen MR) is 109 cm³/mol. The largest absolute Gasteiger partial charge is 0.342 e. The SMILES string of the molecule is O=C(Cc1ccc(Cl)cc1)N1CCC2(CC1)NC(=O)N(Cc1ccc(F)cc1)C2=O. The monoisotopic (exact) mass is 429 g/mol. The molecule has 2 aromatic rings. The van der Waals surface area contributed by atoms with Crippen molar-refractivity contribution in [2.45, 2.75) is 31.3 Å². The Morgan fingerprint density at radius 2 is 1.60 bits per heavy atom. The quantitative estimate of drug-likeness (QED) is 0.759. The molecule has 0 saturated carbocycles. The first-order valence-corrected chi connectivity index (χ1v) is 10.1. The maximum atomic E-state index is 13.1. The van der Waals surface area contributed by atoms with Gasteiger partial charge >= 0.3 is 6.03 Å². The predicted octanol–water partition coefficient (Wildman–Crippen LogP) is 3.13. The molecule has 156 valence electrons. The van der Waals surface area contributed by atoms with Crippen LogP contribution in [-0.2, 0) is 22.6 Å². The smallest absolute Gasteiger partial charge is 0.325 e. The summed E-state index contributed by atoms with van der Waals surface area (Å²) in [6.45, 7) is 0.873. The van der Waals surface area contributed by atoms with Crippen LogP contribution in [0, 0.1) is 5.82 Å². The summed E-state index contributed by atoms with van der Waals surface area (Å²) in [6, 6.07) is 12.4. The van der Waals surface area contributed by atoms with Crippen LogP contribution in [0.15, 0.2) is 48.5 Å². The molecule has 6 nitrogen and oxygen atoms in total. The summed E-state index contributed by atoms with van der Waals surface area (Å²) in [5, 5.41) is 3.44. The normalized spacial score (nSPS) is 18.1. The summed E-state index contributed by atoms with van der Waals surface area (Å²) >= 11 is 5.88. The molecule has 0 radical (unpaired) electrons. The molecule has 4 rings (SSSR count). The number of nitrogens with one attached hydrogen (secondary N) is 1. The number of halogens is 2. The molecule has 2 saturated heterocycles. The number of imide groups is 1. The highest BCUT2D eigenvalue weighted by Crippen LogP contribution is 2.30. The lowest BCUT2D eigenvalue weighted by atomic mass is 9.87. The molecule has 2 aliphatic rings. The number of piperidine rings is 1. The molecule has 0 aromatic heterocycles. The number of hydrogen-bond donors (Lipinski definition) is 1. The van der Waals surface area contributed by atoms with Gasteiger partial charge < -0.3 is 10.2 Å². The van der Waals surface area contributed by atoms with Crippen molar-refractivity contribution >= 4 is 29.4 Å². The van der Waals surface area contributed by atoms with E-state index in [1.165, 1.54) is 17.0 Å². The fourth-order valence-corrected chi connectivity index (χ4v) is 4.08. The average Bonchev–Trinajstić information content (AvgIpc) is 2.96. The minimum atomic E-state index is -0.978. The summed E-state index contributed by atoms with van der Waals surface area (Å²) in [4.78, 5) is 41.0. The standard InChI is InChI=1S/C22H21ClFN3O3/c23-17-5-1-15(2-6-17)13-19(28)26-11-9-22(10-12-26)20(29)27(21(30)25-22)14-16-3-7-18(24)8-4-16/h1-8H,9-14H2,(H,25,30). The molecule has 4 amide bonds. The second-order valence-electron chi connectivity index (χ2n) is 7.71. The molecule has 2 fully saturated rings. The van der Waals surface area contributed by atoms with E-state index < -0.39 is 11.6 Å². The maximum Gasteiger partial charge on any atom is 0.325 e. The van der Waals surface area contributed by atoms with E-state index in [2.05, 4.69) is 5.32 Å². The van der Waals surface area contributed by atoms with E-state index in [0.29, 0.717) is 36.5 Å². The number of carbonyl (C=O) groups is 3. The van der Waals surface area contributed by atoms with Gasteiger partial charge in [0.25, 0.3) is 5.91 Å². The Kier molecular flexibility index (Phi) is 5.47. The van der Waals surface area contributed by atoms with Crippen LogP contribution in [0.3, 0.4) is 0 Å². The topological polar surface area (TPSA) is 69.7 Å². The molecule has 0 atom stereocenters. The highest BCUT2D eigenvalue weighted by atomic mass is 35.5. The number of likely N-dealkylation sites (tertiary alicyclic amines) is 1. The van der Waals surface area contributed by atoms with Gasteiger partial charge in [-0.1, -0.05) is 35.9 Å². The molecule has 8 heteroatoms. The van der Waals surface area contributed by atoms with Crippen LogP contribution < -0.4 is 5.32 Å². The Bertz CT molecular complexity index is 970. The Labute approximate surface area is 178 Å². The summed E-state index contributed by atoms with van der Waals surface area (Å²) in [6.07, 6.45) is 0.995. The number of rotatable bonds is 4. The first kappa shape index (κ1) is 20.3. The van der Waals surface area contributed by atoms with Crippen LogP contribution in [0.4, 0.5) is 9.18 Å². The van der Waals surface area contributed by atoms with Gasteiger partial charge in [-0.25, -0.2) is 9.18 Å². The molecule has 1 N–H and O–H groups in total. The summed E-state index contributed by atoms with van der Waals surface area (Å²) in [7, 11) is 0. The zero-order chi connectivity index (χ0) is 21.3. The highest BCUT2D eigenvalue weighted by Gasteiger charge is 2.52. The molecule has 0 aliphatic carbocycles. The third-order valence-electron chi connectivity index (χ3n) is 5.74. The van der Waals surface area contributed by atoms with Crippen LogP contribution in [0.1, 0.15) is 24.0 Å². The van der Waals surface area contributed by atoms with Crippen LogP contribution in [0.5, 0.6) is 0 Å². The Morgan fingerprint density at radius 3 is 2.23 bits per heavy atom. The van der Waals surface area contributed by atoms with Gasteiger partial charge in [0.05, 0.1) is 13.0 Å². The first-order chi connectivity index (χ1) is 14.4. The van der Waals surface area contributed by atoms with Gasteiger partial charge in [0, 0.05) is 18.1 Å². The second-order valence-corrected chi connectivity index (χ2v) is 8.15. The third-order valence-corrected chi connectivity index (χ3v) is 5.99. The Morgan fingerprint density at radius 1 is 1.00 bits per heavy atom. The number of hydrogen-bond acceptors (Lipinski definition) is 3. The molecule has 2 aliphatic heterocycles. The van der Waals surface area contributed by atoms with E-state index in [4.69, 9.17) is 11.6 Å². The number of benzene rings is 2. The zero-order valence-corrected chi connectivity index (χ0v) is 17.0. The number of nitrogens with zero attached hydrogens (tertiary/aromatic N) is 2. The Balaban J connectivity index is 1.38. The number of carbonyl (C=O) groups excluding carboxylic acids is 3. The van der Waals surface area contributed by atoms with Gasteiger partial charge in [-0.2, -0.15) is 0 Å². The van der Waals surface area contributed by atoms with Crippen molar-refractivity contribution in [3.05, 3.63) is 70.5 Å². The molecular weight excluding hydrogens is 409 g/mol. The van der Waals surface area contributed by atoms with Crippen LogP contribution >= 0.6 is 11.6 Å². The molecule has 2 aromatic carbocycles. The lowest BCUT2D eigenvalue weighted by Crippen LogP contribution is -2.56. The van der Waals surface area contributed by atoms with E-state index in [1.807, 2.05) is 12.1 Å². The first-order valence-electron chi connectivity index (χ1n) is 9.77. The molecule has 0 bridgehead atoms. The minimum Gasteiger partial charge on any atom is -0.342 e. The highest BCUT2D eigenvalue weighted by molar-refractivity contribution is 6.30. The van der Waals surface area contributed by atoms with Crippen molar-refractivity contribution in [3.8, 4) is 0 Å². The molecular formula is C22H21ClFN3O3. The van der Waals surface area contributed by atoms with Gasteiger partial charge in [-0.3, -0.25) is 14.5 Å². The lowest BCUT2D eigenvalue weighted by molar-refractivity contribution is -0.138. The van der Waals surface area contributed by atoms with Crippen molar-refractivity contribution in [2.24, 2.45) is 0 Å². The number of urea groups is 1. The van der Waals surface area contributed by atoms with Gasteiger partial charge in [-0.05, 0) is 48.2 Å². The van der Waals surface area contributed by atoms with E-state index in [9.17, 15) is 18.8 Å². The fourth-order valence-electron chi connectivity index (χ4n) is 3.96. The molecule has 0 unspecified atom stereocenters. The van der Waals surface area contributed by atoms with Crippen LogP contribution in [0.25, 0.3) is 0 Å². The minimum absolute atomic E-state index is 0.0212. The van der Waals surface area contributed by atoms with Crippen LogP contribution in [-0.4, -0.2) is 46.3 Å². The zero-order valence-electron chi connectivity index (χ0n) is 16.2. The molecule has 30 heavy (non-hydrogen) atoms. The van der Waals surface area contributed by atoms with Crippen molar-refractivity contribution in [2.75, 3.05) is 13.1 Å². The fraction of sp³-hybridized carbons (Fsp3) is 0.318.